The number of furan rings is 1. The van der Waals surface area contributed by atoms with Crippen molar-refractivity contribution in [2.45, 2.75) is 0 Å². The van der Waals surface area contributed by atoms with Gasteiger partial charge in [0.2, 0.25) is 5.91 Å². The fourth-order valence-electron chi connectivity index (χ4n) is 1.72. The van der Waals surface area contributed by atoms with Gasteiger partial charge in [0, 0.05) is 5.56 Å². The van der Waals surface area contributed by atoms with Gasteiger partial charge in [-0.05, 0) is 38.4 Å². The predicted octanol–water partition coefficient (Wildman–Crippen LogP) is 2.45. The molecule has 0 aliphatic carbocycles. The number of hydrogen-bond acceptors (Lipinski definition) is 3. The molecule has 2 aromatic rings. The van der Waals surface area contributed by atoms with Crippen molar-refractivity contribution in [3.8, 4) is 11.3 Å². The molecule has 4 heteroatoms. The Balaban J connectivity index is 2.21. The van der Waals surface area contributed by atoms with Crippen LogP contribution >= 0.6 is 0 Å². The first-order valence-electron chi connectivity index (χ1n) is 5.74. The maximum Gasteiger partial charge on any atom is 0.238 e. The zero-order valence-corrected chi connectivity index (χ0v) is 10.5. The summed E-state index contributed by atoms with van der Waals surface area (Å²) in [5.74, 6) is 0.703. The normalized spacial score (nSPS) is 10.6. The minimum absolute atomic E-state index is 0.0426. The highest BCUT2D eigenvalue weighted by Gasteiger charge is 2.10. The van der Waals surface area contributed by atoms with E-state index in [-0.39, 0.29) is 5.91 Å². The van der Waals surface area contributed by atoms with Crippen molar-refractivity contribution in [2.75, 3.05) is 26.0 Å². The fraction of sp³-hybridized carbons (Fsp3) is 0.214. The summed E-state index contributed by atoms with van der Waals surface area (Å²) in [5, 5.41) is 2.89. The molecule has 0 bridgehead atoms. The monoisotopic (exact) mass is 244 g/mol. The first-order chi connectivity index (χ1) is 8.66. The lowest BCUT2D eigenvalue weighted by Crippen LogP contribution is -2.27. The molecule has 4 nitrogen and oxygen atoms in total. The van der Waals surface area contributed by atoms with Gasteiger partial charge in [-0.25, -0.2) is 0 Å². The van der Waals surface area contributed by atoms with Gasteiger partial charge < -0.3 is 14.6 Å². The molecule has 2 rings (SSSR count). The van der Waals surface area contributed by atoms with Crippen LogP contribution in [0.5, 0.6) is 0 Å². The van der Waals surface area contributed by atoms with Crippen LogP contribution in [0.2, 0.25) is 0 Å². The molecule has 0 atom stereocenters. The summed E-state index contributed by atoms with van der Waals surface area (Å²) in [6.45, 7) is 0.354. The molecule has 1 aromatic carbocycles. The summed E-state index contributed by atoms with van der Waals surface area (Å²) in [7, 11) is 3.72. The molecule has 0 aliphatic heterocycles. The number of amides is 1. The summed E-state index contributed by atoms with van der Waals surface area (Å²) in [6, 6.07) is 11.3. The molecule has 1 aromatic heterocycles. The Morgan fingerprint density at radius 1 is 1.22 bits per heavy atom. The van der Waals surface area contributed by atoms with E-state index in [0.29, 0.717) is 6.54 Å². The SMILES string of the molecule is CN(C)CC(=O)Nc1ccccc1-c1ccco1. The van der Waals surface area contributed by atoms with E-state index in [1.54, 1.807) is 6.26 Å². The Labute approximate surface area is 106 Å². The number of para-hydroxylation sites is 1. The van der Waals surface area contributed by atoms with E-state index in [9.17, 15) is 4.79 Å². The third kappa shape index (κ3) is 2.99. The molecule has 0 saturated carbocycles. The van der Waals surface area contributed by atoms with Gasteiger partial charge in [-0.1, -0.05) is 12.1 Å². The van der Waals surface area contributed by atoms with Gasteiger partial charge in [0.05, 0.1) is 18.5 Å². The van der Waals surface area contributed by atoms with Crippen molar-refractivity contribution in [1.29, 1.82) is 0 Å². The number of hydrogen-bond donors (Lipinski definition) is 1. The van der Waals surface area contributed by atoms with E-state index in [0.717, 1.165) is 17.0 Å². The predicted molar refractivity (Wildman–Crippen MR) is 71.3 cm³/mol. The van der Waals surface area contributed by atoms with Gasteiger partial charge >= 0.3 is 0 Å². The highest BCUT2D eigenvalue weighted by atomic mass is 16.3. The Morgan fingerprint density at radius 3 is 2.67 bits per heavy atom. The second-order valence-corrected chi connectivity index (χ2v) is 4.31. The van der Waals surface area contributed by atoms with Crippen molar-refractivity contribution in [3.05, 3.63) is 42.7 Å². The third-order valence-corrected chi connectivity index (χ3v) is 2.45. The van der Waals surface area contributed by atoms with Gasteiger partial charge in [0.1, 0.15) is 5.76 Å². The van der Waals surface area contributed by atoms with Crippen LogP contribution in [-0.4, -0.2) is 31.4 Å². The highest BCUT2D eigenvalue weighted by molar-refractivity contribution is 5.96. The molecule has 0 saturated heterocycles. The molecule has 0 radical (unpaired) electrons. The van der Waals surface area contributed by atoms with Crippen LogP contribution in [0.4, 0.5) is 5.69 Å². The van der Waals surface area contributed by atoms with E-state index in [4.69, 9.17) is 4.42 Å². The van der Waals surface area contributed by atoms with Crippen molar-refractivity contribution < 1.29 is 9.21 Å². The van der Waals surface area contributed by atoms with Crippen molar-refractivity contribution in [3.63, 3.8) is 0 Å². The molecule has 1 amide bonds. The minimum Gasteiger partial charge on any atom is -0.464 e. The van der Waals surface area contributed by atoms with Gasteiger partial charge in [0.15, 0.2) is 0 Å². The average Bonchev–Trinajstić information content (AvgIpc) is 2.81. The van der Waals surface area contributed by atoms with E-state index in [2.05, 4.69) is 5.32 Å². The lowest BCUT2D eigenvalue weighted by atomic mass is 10.1. The molecule has 94 valence electrons. The van der Waals surface area contributed by atoms with Gasteiger partial charge in [-0.15, -0.1) is 0 Å². The zero-order chi connectivity index (χ0) is 13.0. The van der Waals surface area contributed by atoms with E-state index in [1.807, 2.05) is 55.4 Å². The van der Waals surface area contributed by atoms with Crippen LogP contribution in [0.25, 0.3) is 11.3 Å². The van der Waals surface area contributed by atoms with Crippen LogP contribution in [0.15, 0.2) is 47.1 Å². The molecule has 0 spiro atoms. The number of nitrogens with one attached hydrogen (secondary N) is 1. The summed E-state index contributed by atoms with van der Waals surface area (Å²) >= 11 is 0. The summed E-state index contributed by atoms with van der Waals surface area (Å²) < 4.78 is 5.36. The number of carbonyl (C=O) groups excluding carboxylic acids is 1. The maximum absolute atomic E-state index is 11.8. The largest absolute Gasteiger partial charge is 0.464 e. The second kappa shape index (κ2) is 5.51. The molecule has 18 heavy (non-hydrogen) atoms. The first-order valence-corrected chi connectivity index (χ1v) is 5.74. The molecule has 1 heterocycles. The van der Waals surface area contributed by atoms with Crippen LogP contribution in [-0.2, 0) is 4.79 Å². The van der Waals surface area contributed by atoms with E-state index >= 15 is 0 Å². The Hall–Kier alpha value is -2.07. The molecule has 0 fully saturated rings. The highest BCUT2D eigenvalue weighted by Crippen LogP contribution is 2.27. The molecular formula is C14H16N2O2. The smallest absolute Gasteiger partial charge is 0.238 e. The topological polar surface area (TPSA) is 45.5 Å². The lowest BCUT2D eigenvalue weighted by molar-refractivity contribution is -0.116. The minimum atomic E-state index is -0.0426. The van der Waals surface area contributed by atoms with Crippen LogP contribution in [0.1, 0.15) is 0 Å². The van der Waals surface area contributed by atoms with Crippen molar-refractivity contribution >= 4 is 11.6 Å². The zero-order valence-electron chi connectivity index (χ0n) is 10.5. The van der Waals surface area contributed by atoms with Crippen LogP contribution in [0, 0.1) is 0 Å². The Morgan fingerprint density at radius 2 is 2.00 bits per heavy atom. The summed E-state index contributed by atoms with van der Waals surface area (Å²) in [6.07, 6.45) is 1.62. The van der Waals surface area contributed by atoms with E-state index < -0.39 is 0 Å². The van der Waals surface area contributed by atoms with Crippen LogP contribution in [0.3, 0.4) is 0 Å². The number of nitrogens with zero attached hydrogens (tertiary/aromatic N) is 1. The van der Waals surface area contributed by atoms with Gasteiger partial charge in [-0.2, -0.15) is 0 Å². The number of rotatable bonds is 4. The quantitative estimate of drug-likeness (QED) is 0.898. The number of benzene rings is 1. The van der Waals surface area contributed by atoms with Gasteiger partial charge in [0.25, 0.3) is 0 Å². The number of carbonyl (C=O) groups is 1. The molecule has 0 unspecified atom stereocenters. The van der Waals surface area contributed by atoms with Crippen molar-refractivity contribution in [2.24, 2.45) is 0 Å². The molecular weight excluding hydrogens is 228 g/mol. The van der Waals surface area contributed by atoms with Crippen LogP contribution < -0.4 is 5.32 Å². The average molecular weight is 244 g/mol. The Kier molecular flexibility index (Phi) is 3.79. The van der Waals surface area contributed by atoms with Gasteiger partial charge in [-0.3, -0.25) is 4.79 Å². The fourth-order valence-corrected chi connectivity index (χ4v) is 1.72. The number of anilines is 1. The summed E-state index contributed by atoms with van der Waals surface area (Å²) in [4.78, 5) is 13.6. The summed E-state index contributed by atoms with van der Waals surface area (Å²) in [5.41, 5.74) is 1.65. The standard InChI is InChI=1S/C14H16N2O2/c1-16(2)10-14(17)15-12-7-4-3-6-11(12)13-8-5-9-18-13/h3-9H,10H2,1-2H3,(H,15,17). The van der Waals surface area contributed by atoms with E-state index in [1.165, 1.54) is 0 Å². The maximum atomic E-state index is 11.8. The molecule has 1 N–H and O–H groups in total. The first kappa shape index (κ1) is 12.4. The van der Waals surface area contributed by atoms with Crippen molar-refractivity contribution in [1.82, 2.24) is 4.90 Å². The molecule has 0 aliphatic rings. The number of likely N-dealkylation sites (N-methyl/N-ethyl adjacent to an activating group) is 1. The lowest BCUT2D eigenvalue weighted by Gasteiger charge is -2.12. The second-order valence-electron chi connectivity index (χ2n) is 4.31. The third-order valence-electron chi connectivity index (χ3n) is 2.45. The Bertz CT molecular complexity index is 518.